The number of benzene rings is 1. The minimum Gasteiger partial charge on any atom is -0.461 e. The van der Waals surface area contributed by atoms with E-state index < -0.39 is 68.0 Å². The molecule has 1 aliphatic heterocycles. The number of hydrogen-bond acceptors (Lipinski definition) is 12. The van der Waals surface area contributed by atoms with Crippen LogP contribution in [0.15, 0.2) is 46.2 Å². The molecule has 3 rings (SSSR count). The molecule has 0 amide bonds. The second-order valence-corrected chi connectivity index (χ2v) is 10.1. The molecule has 1 aromatic heterocycles. The Morgan fingerprint density at radius 1 is 1.32 bits per heavy atom. The molecule has 4 N–H and O–H groups in total. The van der Waals surface area contributed by atoms with Crippen LogP contribution in [0.25, 0.3) is 0 Å². The van der Waals surface area contributed by atoms with E-state index in [1.54, 1.807) is 32.0 Å². The number of carbonyl (C=O) groups is 1. The molecule has 1 aliphatic rings. The lowest BCUT2D eigenvalue weighted by molar-refractivity contribution is -0.156. The number of phosphoric acid groups is 1. The number of rotatable bonds is 10. The van der Waals surface area contributed by atoms with Gasteiger partial charge in [-0.25, -0.2) is 18.9 Å². The highest BCUT2D eigenvalue weighted by Gasteiger charge is 2.55. The van der Waals surface area contributed by atoms with Gasteiger partial charge in [0.15, 0.2) is 17.9 Å². The van der Waals surface area contributed by atoms with Gasteiger partial charge in [-0.1, -0.05) is 24.1 Å². The lowest BCUT2D eigenvalue weighted by atomic mass is 9.91. The van der Waals surface area contributed by atoms with Gasteiger partial charge in [0.1, 0.15) is 24.3 Å². The molecule has 2 aromatic rings. The summed E-state index contributed by atoms with van der Waals surface area (Å²) in [6.07, 6.45) is -5.20. The third-order valence-electron chi connectivity index (χ3n) is 5.22. The quantitative estimate of drug-likeness (QED) is 0.210. The van der Waals surface area contributed by atoms with Gasteiger partial charge in [0.2, 0.25) is 0 Å². The summed E-state index contributed by atoms with van der Waals surface area (Å²) in [7, 11) is -4.54. The molecule has 0 aliphatic carbocycles. The fraction of sp³-hybridized carbons (Fsp3) is 0.478. The van der Waals surface area contributed by atoms with Gasteiger partial charge in [0, 0.05) is 0 Å². The monoisotopic (exact) mass is 552 g/mol. The fourth-order valence-corrected chi connectivity index (χ4v) is 4.86. The van der Waals surface area contributed by atoms with Crippen LogP contribution in [-0.4, -0.2) is 62.2 Å². The predicted molar refractivity (Wildman–Crippen MR) is 132 cm³/mol. The van der Waals surface area contributed by atoms with Crippen LogP contribution in [0.3, 0.4) is 0 Å². The Balaban J connectivity index is 1.86. The molecule has 0 radical (unpaired) electrons. The average Bonchev–Trinajstić information content (AvgIpc) is 3.08. The van der Waals surface area contributed by atoms with Crippen molar-refractivity contribution in [3.05, 3.63) is 57.6 Å². The summed E-state index contributed by atoms with van der Waals surface area (Å²) in [4.78, 5) is 41.5. The number of nitrogens with zero attached hydrogens (tertiary/aromatic N) is 2. The number of aliphatic hydroxyl groups is 1. The molecule has 15 heteroatoms. The first-order chi connectivity index (χ1) is 17.9. The van der Waals surface area contributed by atoms with E-state index in [0.717, 1.165) is 10.9 Å². The Morgan fingerprint density at radius 2 is 2.00 bits per heavy atom. The predicted octanol–water partition coefficient (Wildman–Crippen LogP) is 0.471. The van der Waals surface area contributed by atoms with Crippen molar-refractivity contribution < 1.29 is 37.5 Å². The Kier molecular flexibility index (Phi) is 9.26. The SMILES string of the molecule is CC#C[C@@]1(N)C(O)[C@@H](CO[P@](=O)(Oc2ccccc2)O[C@@H](C)C(=O)OC(C)C)O[C@H]1n1cnc(=O)[nH]c1=O. The molecule has 1 aromatic carbocycles. The number of H-pyrrole nitrogens is 1. The zero-order chi connectivity index (χ0) is 28.1. The number of ether oxygens (including phenoxy) is 2. The second kappa shape index (κ2) is 12.0. The van der Waals surface area contributed by atoms with Crippen molar-refractivity contribution in [2.24, 2.45) is 5.73 Å². The van der Waals surface area contributed by atoms with E-state index in [1.807, 2.05) is 4.98 Å². The third-order valence-corrected chi connectivity index (χ3v) is 6.70. The van der Waals surface area contributed by atoms with Crippen molar-refractivity contribution in [1.29, 1.82) is 0 Å². The summed E-state index contributed by atoms with van der Waals surface area (Å²) in [6, 6.07) is 7.92. The summed E-state index contributed by atoms with van der Waals surface area (Å²) in [5.41, 5.74) is 2.68. The molecule has 38 heavy (non-hydrogen) atoms. The van der Waals surface area contributed by atoms with Gasteiger partial charge in [-0.2, -0.15) is 4.98 Å². The third kappa shape index (κ3) is 6.76. The first-order valence-electron chi connectivity index (χ1n) is 11.5. The molecule has 206 valence electrons. The number of aliphatic hydroxyl groups excluding tert-OH is 1. The minimum absolute atomic E-state index is 0.113. The van der Waals surface area contributed by atoms with Crippen LogP contribution in [-0.2, 0) is 27.9 Å². The highest BCUT2D eigenvalue weighted by atomic mass is 31.2. The molecule has 0 bridgehead atoms. The number of para-hydroxylation sites is 1. The fourth-order valence-electron chi connectivity index (χ4n) is 3.53. The molecule has 2 heterocycles. The van der Waals surface area contributed by atoms with Gasteiger partial charge >= 0.3 is 25.2 Å². The number of nitrogens with one attached hydrogen (secondary N) is 1. The van der Waals surface area contributed by atoms with Gasteiger partial charge in [-0.15, -0.1) is 5.92 Å². The number of aromatic nitrogens is 3. The number of hydrogen-bond donors (Lipinski definition) is 3. The Morgan fingerprint density at radius 3 is 2.61 bits per heavy atom. The van der Waals surface area contributed by atoms with E-state index >= 15 is 0 Å². The Bertz CT molecular complexity index is 1350. The maximum absolute atomic E-state index is 13.6. The largest absolute Gasteiger partial charge is 0.530 e. The summed E-state index contributed by atoms with van der Waals surface area (Å²) < 4.78 is 41.6. The van der Waals surface area contributed by atoms with Crippen molar-refractivity contribution in [1.82, 2.24) is 14.5 Å². The zero-order valence-corrected chi connectivity index (χ0v) is 22.0. The summed E-state index contributed by atoms with van der Waals surface area (Å²) in [5.74, 6) is 4.50. The van der Waals surface area contributed by atoms with Crippen LogP contribution < -0.4 is 21.6 Å². The van der Waals surface area contributed by atoms with E-state index in [0.29, 0.717) is 0 Å². The lowest BCUT2D eigenvalue weighted by Gasteiger charge is -2.27. The summed E-state index contributed by atoms with van der Waals surface area (Å²) in [6.45, 7) is 5.42. The van der Waals surface area contributed by atoms with Gasteiger partial charge < -0.3 is 24.8 Å². The zero-order valence-electron chi connectivity index (χ0n) is 21.1. The van der Waals surface area contributed by atoms with E-state index in [4.69, 9.17) is 28.8 Å². The standard InChI is InChI=1S/C23H29N4O10P/c1-5-11-23(24)18(28)17(35-20(23)27-13-25-21(30)26-22(27)31)12-33-38(32,37-16-9-7-6-8-10-16)36-15(4)19(29)34-14(2)3/h6-10,13-15,17-18,20,28H,12,24H2,1-4H3,(H,26,30,31)/t15-,17+,18?,20+,23+,38-/m0/s1. The van der Waals surface area contributed by atoms with Crippen LogP contribution in [0.5, 0.6) is 5.75 Å². The number of nitrogens with two attached hydrogens (primary N) is 1. The lowest BCUT2D eigenvalue weighted by Crippen LogP contribution is -2.55. The molecule has 0 saturated carbocycles. The van der Waals surface area contributed by atoms with Gasteiger partial charge in [0.05, 0.1) is 12.7 Å². The van der Waals surface area contributed by atoms with E-state index in [-0.39, 0.29) is 5.75 Å². The van der Waals surface area contributed by atoms with Gasteiger partial charge in [-0.05, 0) is 39.8 Å². The number of aromatic amines is 1. The normalized spacial score (nSPS) is 25.2. The Labute approximate surface area is 217 Å². The van der Waals surface area contributed by atoms with Crippen molar-refractivity contribution in [2.75, 3.05) is 6.61 Å². The molecular formula is C23H29N4O10P. The van der Waals surface area contributed by atoms with Crippen molar-refractivity contribution in [3.63, 3.8) is 0 Å². The first-order valence-corrected chi connectivity index (χ1v) is 13.0. The second-order valence-electron chi connectivity index (χ2n) is 8.55. The molecule has 14 nitrogen and oxygen atoms in total. The first kappa shape index (κ1) is 29.2. The molecule has 1 fully saturated rings. The van der Waals surface area contributed by atoms with Crippen molar-refractivity contribution in [3.8, 4) is 17.6 Å². The van der Waals surface area contributed by atoms with Gasteiger partial charge in [0.25, 0.3) is 0 Å². The number of phosphoric ester groups is 1. The van der Waals surface area contributed by atoms with Crippen LogP contribution in [0.1, 0.15) is 33.9 Å². The molecule has 6 atom stereocenters. The summed E-state index contributed by atoms with van der Waals surface area (Å²) in [5, 5.41) is 11.0. The Hall–Kier alpha value is -3.31. The van der Waals surface area contributed by atoms with Crippen LogP contribution in [0, 0.1) is 11.8 Å². The van der Waals surface area contributed by atoms with Crippen LogP contribution in [0.4, 0.5) is 0 Å². The van der Waals surface area contributed by atoms with E-state index in [9.17, 15) is 24.1 Å². The molecular weight excluding hydrogens is 523 g/mol. The molecule has 1 saturated heterocycles. The number of carbonyl (C=O) groups excluding carboxylic acids is 1. The molecule has 0 spiro atoms. The average molecular weight is 552 g/mol. The van der Waals surface area contributed by atoms with Crippen LogP contribution >= 0.6 is 7.82 Å². The summed E-state index contributed by atoms with van der Waals surface area (Å²) >= 11 is 0. The van der Waals surface area contributed by atoms with Gasteiger partial charge in [-0.3, -0.25) is 18.6 Å². The maximum atomic E-state index is 13.6. The smallest absolute Gasteiger partial charge is 0.461 e. The molecule has 1 unspecified atom stereocenters. The maximum Gasteiger partial charge on any atom is 0.530 e. The van der Waals surface area contributed by atoms with Crippen molar-refractivity contribution >= 4 is 13.8 Å². The van der Waals surface area contributed by atoms with E-state index in [2.05, 4.69) is 16.8 Å². The van der Waals surface area contributed by atoms with Crippen molar-refractivity contribution in [2.45, 2.75) is 63.9 Å². The highest BCUT2D eigenvalue weighted by Crippen LogP contribution is 2.51. The van der Waals surface area contributed by atoms with E-state index in [1.165, 1.54) is 26.0 Å². The highest BCUT2D eigenvalue weighted by molar-refractivity contribution is 7.49. The minimum atomic E-state index is -4.54. The topological polar surface area (TPSA) is 194 Å². The van der Waals surface area contributed by atoms with Crippen LogP contribution in [0.2, 0.25) is 0 Å². The number of esters is 1.